The summed E-state index contributed by atoms with van der Waals surface area (Å²) in [5.41, 5.74) is 4.57. The summed E-state index contributed by atoms with van der Waals surface area (Å²) in [4.78, 5) is 0. The van der Waals surface area contributed by atoms with Crippen LogP contribution in [0.2, 0.25) is 0 Å². The van der Waals surface area contributed by atoms with Crippen LogP contribution in [0.15, 0.2) is 18.2 Å². The van der Waals surface area contributed by atoms with Crippen molar-refractivity contribution in [3.05, 3.63) is 34.9 Å². The average Bonchev–Trinajstić information content (AvgIpc) is 2.23. The predicted molar refractivity (Wildman–Crippen MR) is 68.3 cm³/mol. The van der Waals surface area contributed by atoms with E-state index in [9.17, 15) is 0 Å². The standard InChI is InChI=1S/C13H18.C2H6/c1-9-4-5-12-7-10(2)11(3)8-13(12)6-9;1-2/h4-6,10-11H,7-8H2,1-3H3;1-2H3. The Balaban J connectivity index is 0.000000531. The lowest BCUT2D eigenvalue weighted by molar-refractivity contribution is 0.361. The van der Waals surface area contributed by atoms with E-state index in [1.807, 2.05) is 13.8 Å². The molecule has 0 bridgehead atoms. The largest absolute Gasteiger partial charge is 0.0683 e. The Morgan fingerprint density at radius 1 is 0.933 bits per heavy atom. The number of hydrogen-bond donors (Lipinski definition) is 0. The fourth-order valence-electron chi connectivity index (χ4n) is 2.24. The lowest BCUT2D eigenvalue weighted by Gasteiger charge is -2.28. The van der Waals surface area contributed by atoms with Gasteiger partial charge in [-0.25, -0.2) is 0 Å². The van der Waals surface area contributed by atoms with E-state index in [4.69, 9.17) is 0 Å². The van der Waals surface area contributed by atoms with E-state index in [2.05, 4.69) is 39.0 Å². The molecule has 2 rings (SSSR count). The summed E-state index contributed by atoms with van der Waals surface area (Å²) in [7, 11) is 0. The van der Waals surface area contributed by atoms with Crippen LogP contribution in [0.4, 0.5) is 0 Å². The summed E-state index contributed by atoms with van der Waals surface area (Å²) in [5, 5.41) is 0. The molecule has 0 fully saturated rings. The highest BCUT2D eigenvalue weighted by molar-refractivity contribution is 5.34. The van der Waals surface area contributed by atoms with E-state index < -0.39 is 0 Å². The van der Waals surface area contributed by atoms with Gasteiger partial charge in [0.2, 0.25) is 0 Å². The summed E-state index contributed by atoms with van der Waals surface area (Å²) in [6.45, 7) is 10.9. The molecule has 15 heavy (non-hydrogen) atoms. The Kier molecular flexibility index (Phi) is 4.38. The van der Waals surface area contributed by atoms with Crippen molar-refractivity contribution in [1.82, 2.24) is 0 Å². The van der Waals surface area contributed by atoms with Gasteiger partial charge in [0.15, 0.2) is 0 Å². The van der Waals surface area contributed by atoms with Gasteiger partial charge in [-0.1, -0.05) is 51.5 Å². The third-order valence-electron chi connectivity index (χ3n) is 3.42. The molecule has 0 spiro atoms. The van der Waals surface area contributed by atoms with Crippen LogP contribution in [0.25, 0.3) is 0 Å². The zero-order valence-corrected chi connectivity index (χ0v) is 10.8. The average molecular weight is 204 g/mol. The van der Waals surface area contributed by atoms with Crippen molar-refractivity contribution in [3.8, 4) is 0 Å². The van der Waals surface area contributed by atoms with Crippen LogP contribution in [0.3, 0.4) is 0 Å². The number of rotatable bonds is 0. The fraction of sp³-hybridized carbons (Fsp3) is 0.600. The second-order valence-electron chi connectivity index (χ2n) is 4.63. The van der Waals surface area contributed by atoms with Gasteiger partial charge < -0.3 is 0 Å². The molecule has 2 atom stereocenters. The third-order valence-corrected chi connectivity index (χ3v) is 3.42. The molecule has 0 heteroatoms. The van der Waals surface area contributed by atoms with Crippen LogP contribution in [0.1, 0.15) is 44.4 Å². The molecule has 0 heterocycles. The van der Waals surface area contributed by atoms with E-state index in [1.165, 1.54) is 18.4 Å². The molecule has 0 saturated carbocycles. The second kappa shape index (κ2) is 5.34. The molecule has 0 radical (unpaired) electrons. The van der Waals surface area contributed by atoms with Crippen molar-refractivity contribution in [2.24, 2.45) is 11.8 Å². The van der Waals surface area contributed by atoms with E-state index in [-0.39, 0.29) is 0 Å². The molecular formula is C15H24. The highest BCUT2D eigenvalue weighted by Gasteiger charge is 2.21. The minimum Gasteiger partial charge on any atom is -0.0683 e. The van der Waals surface area contributed by atoms with Gasteiger partial charge in [-0.2, -0.15) is 0 Å². The monoisotopic (exact) mass is 204 g/mol. The Morgan fingerprint density at radius 2 is 1.47 bits per heavy atom. The second-order valence-corrected chi connectivity index (χ2v) is 4.63. The first-order valence-corrected chi connectivity index (χ1v) is 6.25. The van der Waals surface area contributed by atoms with Gasteiger partial charge in [-0.15, -0.1) is 0 Å². The maximum absolute atomic E-state index is 2.37. The lowest BCUT2D eigenvalue weighted by Crippen LogP contribution is -2.20. The van der Waals surface area contributed by atoms with Crippen LogP contribution in [0, 0.1) is 18.8 Å². The first-order valence-electron chi connectivity index (χ1n) is 6.25. The van der Waals surface area contributed by atoms with Crippen LogP contribution < -0.4 is 0 Å². The number of aryl methyl sites for hydroxylation is 1. The zero-order chi connectivity index (χ0) is 11.4. The van der Waals surface area contributed by atoms with Crippen LogP contribution in [0.5, 0.6) is 0 Å². The Bertz CT molecular complexity index is 312. The fourth-order valence-corrected chi connectivity index (χ4v) is 2.24. The number of fused-ring (bicyclic) bond motifs is 1. The predicted octanol–water partition coefficient (Wildman–Crippen LogP) is 4.39. The number of hydrogen-bond acceptors (Lipinski definition) is 0. The molecule has 84 valence electrons. The maximum atomic E-state index is 2.37. The van der Waals surface area contributed by atoms with Gasteiger partial charge in [-0.3, -0.25) is 0 Å². The summed E-state index contributed by atoms with van der Waals surface area (Å²) in [5.74, 6) is 1.71. The Morgan fingerprint density at radius 3 is 2.07 bits per heavy atom. The lowest BCUT2D eigenvalue weighted by atomic mass is 9.77. The summed E-state index contributed by atoms with van der Waals surface area (Å²) in [6, 6.07) is 6.91. The quantitative estimate of drug-likeness (QED) is 0.588. The molecule has 2 unspecified atom stereocenters. The highest BCUT2D eigenvalue weighted by atomic mass is 14.3. The van der Waals surface area contributed by atoms with Crippen LogP contribution in [-0.2, 0) is 12.8 Å². The van der Waals surface area contributed by atoms with Gasteiger partial charge in [0.25, 0.3) is 0 Å². The maximum Gasteiger partial charge on any atom is -0.0248 e. The topological polar surface area (TPSA) is 0 Å². The van der Waals surface area contributed by atoms with Gasteiger partial charge in [0, 0.05) is 0 Å². The molecule has 0 aromatic heterocycles. The minimum atomic E-state index is 0.856. The zero-order valence-electron chi connectivity index (χ0n) is 10.8. The van der Waals surface area contributed by atoms with Crippen molar-refractivity contribution in [1.29, 1.82) is 0 Å². The molecule has 0 aliphatic heterocycles. The smallest absolute Gasteiger partial charge is 0.0248 e. The van der Waals surface area contributed by atoms with Gasteiger partial charge >= 0.3 is 0 Å². The molecule has 1 aliphatic rings. The van der Waals surface area contributed by atoms with E-state index in [0.717, 1.165) is 11.8 Å². The van der Waals surface area contributed by atoms with Gasteiger partial charge in [-0.05, 0) is 42.7 Å². The van der Waals surface area contributed by atoms with Crippen molar-refractivity contribution in [3.63, 3.8) is 0 Å². The first-order chi connectivity index (χ1) is 7.16. The van der Waals surface area contributed by atoms with Crippen molar-refractivity contribution >= 4 is 0 Å². The normalized spacial score (nSPS) is 23.8. The molecule has 1 aromatic carbocycles. The molecule has 1 aromatic rings. The molecule has 0 nitrogen and oxygen atoms in total. The van der Waals surface area contributed by atoms with E-state index >= 15 is 0 Å². The Labute approximate surface area is 94.7 Å². The van der Waals surface area contributed by atoms with Crippen molar-refractivity contribution < 1.29 is 0 Å². The molecule has 0 N–H and O–H groups in total. The summed E-state index contributed by atoms with van der Waals surface area (Å²) < 4.78 is 0. The van der Waals surface area contributed by atoms with Crippen LogP contribution >= 0.6 is 0 Å². The first kappa shape index (κ1) is 12.3. The minimum absolute atomic E-state index is 0.856. The van der Waals surface area contributed by atoms with Gasteiger partial charge in [0.1, 0.15) is 0 Å². The highest BCUT2D eigenvalue weighted by Crippen LogP contribution is 2.29. The molecular weight excluding hydrogens is 180 g/mol. The third kappa shape index (κ3) is 2.84. The van der Waals surface area contributed by atoms with Crippen LogP contribution in [-0.4, -0.2) is 0 Å². The van der Waals surface area contributed by atoms with Crippen molar-refractivity contribution in [2.45, 2.75) is 47.5 Å². The van der Waals surface area contributed by atoms with Gasteiger partial charge in [0.05, 0.1) is 0 Å². The van der Waals surface area contributed by atoms with E-state index in [0.29, 0.717) is 0 Å². The summed E-state index contributed by atoms with van der Waals surface area (Å²) in [6.07, 6.45) is 2.55. The Hall–Kier alpha value is -0.780. The molecule has 0 saturated heterocycles. The van der Waals surface area contributed by atoms with Crippen molar-refractivity contribution in [2.75, 3.05) is 0 Å². The van der Waals surface area contributed by atoms with E-state index in [1.54, 1.807) is 11.1 Å². The number of benzene rings is 1. The summed E-state index contributed by atoms with van der Waals surface area (Å²) >= 11 is 0. The molecule has 0 amide bonds. The SMILES string of the molecule is CC.Cc1ccc2c(c1)CC(C)C(C)C2. The molecule has 1 aliphatic carbocycles.